The van der Waals surface area contributed by atoms with Gasteiger partial charge in [-0.15, -0.1) is 0 Å². The van der Waals surface area contributed by atoms with E-state index in [4.69, 9.17) is 4.74 Å². The zero-order valence-electron chi connectivity index (χ0n) is 23.6. The first-order chi connectivity index (χ1) is 21.2. The summed E-state index contributed by atoms with van der Waals surface area (Å²) in [6.07, 6.45) is -0.575. The van der Waals surface area contributed by atoms with Crippen LogP contribution in [0.1, 0.15) is 16.7 Å². The standard InChI is InChI=1S/C32H27F4N5O3/c1-43-31-26(32(34,35)36)12-20(16-39-31)11-24(42)10-19-2-4-25(27(33)13-19)23-14-22-15-28(40-30(22)38-18-23)21-3-5-29(37-17-21)41-6-8-44-9-7-41/h2-5,12-18H,6-11H2,1H3,(H,38,40). The molecule has 1 saturated heterocycles. The van der Waals surface area contributed by atoms with Crippen molar-refractivity contribution in [3.63, 3.8) is 0 Å². The highest BCUT2D eigenvalue weighted by Gasteiger charge is 2.35. The van der Waals surface area contributed by atoms with E-state index in [2.05, 4.69) is 29.6 Å². The van der Waals surface area contributed by atoms with Crippen LogP contribution in [0.15, 0.2) is 67.1 Å². The Morgan fingerprint density at radius 1 is 0.932 bits per heavy atom. The normalized spacial score (nSPS) is 13.8. The number of ether oxygens (including phenoxy) is 2. The molecule has 5 heterocycles. The van der Waals surface area contributed by atoms with Crippen molar-refractivity contribution in [2.24, 2.45) is 0 Å². The minimum Gasteiger partial charge on any atom is -0.481 e. The number of nitrogens with one attached hydrogen (secondary N) is 1. The predicted molar refractivity (Wildman–Crippen MR) is 156 cm³/mol. The molecule has 0 radical (unpaired) electrons. The molecule has 1 aliphatic rings. The molecule has 0 amide bonds. The third kappa shape index (κ3) is 6.25. The number of nitrogens with zero attached hydrogens (tertiary/aromatic N) is 4. The second kappa shape index (κ2) is 12.0. The van der Waals surface area contributed by atoms with Crippen LogP contribution in [0, 0.1) is 5.82 Å². The largest absolute Gasteiger partial charge is 0.481 e. The number of H-pyrrole nitrogens is 1. The molecule has 0 saturated carbocycles. The van der Waals surface area contributed by atoms with Crippen molar-refractivity contribution in [2.75, 3.05) is 38.3 Å². The fourth-order valence-electron chi connectivity index (χ4n) is 5.22. The van der Waals surface area contributed by atoms with E-state index in [1.807, 2.05) is 24.3 Å². The molecular weight excluding hydrogens is 578 g/mol. The summed E-state index contributed by atoms with van der Waals surface area (Å²) in [5, 5.41) is 0.791. The number of hydrogen-bond acceptors (Lipinski definition) is 7. The molecule has 8 nitrogen and oxygen atoms in total. The predicted octanol–water partition coefficient (Wildman–Crippen LogP) is 6.04. The number of fused-ring (bicyclic) bond motifs is 1. The smallest absolute Gasteiger partial charge is 0.421 e. The fourth-order valence-corrected chi connectivity index (χ4v) is 5.22. The highest BCUT2D eigenvalue weighted by Crippen LogP contribution is 2.35. The van der Waals surface area contributed by atoms with Crippen molar-refractivity contribution in [1.82, 2.24) is 19.9 Å². The van der Waals surface area contributed by atoms with Gasteiger partial charge >= 0.3 is 6.18 Å². The number of ketones is 1. The molecule has 1 N–H and O–H groups in total. The van der Waals surface area contributed by atoms with Crippen molar-refractivity contribution in [3.05, 3.63) is 89.6 Å². The van der Waals surface area contributed by atoms with Crippen molar-refractivity contribution in [1.29, 1.82) is 0 Å². The Morgan fingerprint density at radius 3 is 2.41 bits per heavy atom. The minimum atomic E-state index is -4.68. The number of rotatable bonds is 8. The van der Waals surface area contributed by atoms with Crippen LogP contribution in [-0.2, 0) is 28.5 Å². The third-order valence-electron chi connectivity index (χ3n) is 7.42. The maximum absolute atomic E-state index is 15.2. The van der Waals surface area contributed by atoms with Gasteiger partial charge in [-0.3, -0.25) is 4.79 Å². The van der Waals surface area contributed by atoms with Gasteiger partial charge in [0.25, 0.3) is 0 Å². The minimum absolute atomic E-state index is 0.0919. The molecule has 44 heavy (non-hydrogen) atoms. The van der Waals surface area contributed by atoms with Gasteiger partial charge in [0.1, 0.15) is 28.6 Å². The highest BCUT2D eigenvalue weighted by atomic mass is 19.4. The van der Waals surface area contributed by atoms with E-state index in [1.54, 1.807) is 24.5 Å². The van der Waals surface area contributed by atoms with Gasteiger partial charge in [-0.1, -0.05) is 12.1 Å². The lowest BCUT2D eigenvalue weighted by atomic mass is 9.99. The van der Waals surface area contributed by atoms with Crippen molar-refractivity contribution < 1.29 is 31.8 Å². The summed E-state index contributed by atoms with van der Waals surface area (Å²) in [5.74, 6) is -0.596. The van der Waals surface area contributed by atoms with Crippen LogP contribution in [-0.4, -0.2) is 59.1 Å². The van der Waals surface area contributed by atoms with Crippen molar-refractivity contribution in [2.45, 2.75) is 19.0 Å². The number of hydrogen-bond donors (Lipinski definition) is 1. The SMILES string of the molecule is COc1ncc(CC(=O)Cc2ccc(-c3cnc4[nH]c(-c5ccc(N6CCOCC6)nc5)cc4c3)c(F)c2)cc1C(F)(F)F. The second-order valence-electron chi connectivity index (χ2n) is 10.5. The molecule has 1 aromatic carbocycles. The lowest BCUT2D eigenvalue weighted by Gasteiger charge is -2.27. The number of alkyl halides is 3. The molecule has 0 aliphatic carbocycles. The first-order valence-corrected chi connectivity index (χ1v) is 13.9. The number of anilines is 1. The molecule has 4 aromatic heterocycles. The topological polar surface area (TPSA) is 93.2 Å². The quantitative estimate of drug-likeness (QED) is 0.216. The molecule has 1 aliphatic heterocycles. The first kappa shape index (κ1) is 29.2. The summed E-state index contributed by atoms with van der Waals surface area (Å²) in [7, 11) is 1.09. The number of aromatic amines is 1. The zero-order chi connectivity index (χ0) is 30.8. The second-order valence-corrected chi connectivity index (χ2v) is 10.5. The third-order valence-corrected chi connectivity index (χ3v) is 7.42. The Hall–Kier alpha value is -4.84. The molecular formula is C32H27F4N5O3. The van der Waals surface area contributed by atoms with Crippen LogP contribution in [0.5, 0.6) is 5.88 Å². The first-order valence-electron chi connectivity index (χ1n) is 13.9. The van der Waals surface area contributed by atoms with Gasteiger partial charge in [0, 0.05) is 72.3 Å². The van der Waals surface area contributed by atoms with Crippen molar-refractivity contribution >= 4 is 22.6 Å². The molecule has 12 heteroatoms. The lowest BCUT2D eigenvalue weighted by Crippen LogP contribution is -2.36. The number of carbonyl (C=O) groups excluding carboxylic acids is 1. The van der Waals surface area contributed by atoms with E-state index < -0.39 is 23.4 Å². The molecule has 0 bridgehead atoms. The summed E-state index contributed by atoms with van der Waals surface area (Å²) >= 11 is 0. The number of carbonyl (C=O) groups is 1. The van der Waals surface area contributed by atoms with E-state index >= 15 is 4.39 Å². The summed E-state index contributed by atoms with van der Waals surface area (Å²) in [4.78, 5) is 30.8. The van der Waals surface area contributed by atoms with Crippen LogP contribution in [0.3, 0.4) is 0 Å². The van der Waals surface area contributed by atoms with Gasteiger partial charge in [0.15, 0.2) is 0 Å². The van der Waals surface area contributed by atoms with E-state index in [9.17, 15) is 18.0 Å². The number of pyridine rings is 3. The number of Topliss-reactive ketones (excluding diaryl/α,β-unsaturated/α-hetero) is 1. The van der Waals surface area contributed by atoms with Crippen LogP contribution in [0.2, 0.25) is 0 Å². The molecule has 5 aromatic rings. The van der Waals surface area contributed by atoms with Gasteiger partial charge in [-0.05, 0) is 47.5 Å². The van der Waals surface area contributed by atoms with E-state index in [0.29, 0.717) is 35.6 Å². The van der Waals surface area contributed by atoms with Crippen LogP contribution >= 0.6 is 0 Å². The Kier molecular flexibility index (Phi) is 8.00. The van der Waals surface area contributed by atoms with Crippen LogP contribution in [0.4, 0.5) is 23.4 Å². The maximum Gasteiger partial charge on any atom is 0.421 e. The van der Waals surface area contributed by atoms with E-state index in [-0.39, 0.29) is 24.2 Å². The molecule has 0 unspecified atom stereocenters. The van der Waals surface area contributed by atoms with Gasteiger partial charge in [-0.2, -0.15) is 13.2 Å². The van der Waals surface area contributed by atoms with Gasteiger partial charge in [0.2, 0.25) is 5.88 Å². The molecule has 6 rings (SSSR count). The lowest BCUT2D eigenvalue weighted by molar-refractivity contribution is -0.139. The molecule has 226 valence electrons. The Labute approximate surface area is 249 Å². The van der Waals surface area contributed by atoms with Gasteiger partial charge in [0.05, 0.1) is 20.3 Å². The average molecular weight is 606 g/mol. The monoisotopic (exact) mass is 605 g/mol. The summed E-state index contributed by atoms with van der Waals surface area (Å²) in [6.45, 7) is 2.95. The number of benzene rings is 1. The summed E-state index contributed by atoms with van der Waals surface area (Å²) in [5.41, 5.74) is 2.67. The molecule has 1 fully saturated rings. The highest BCUT2D eigenvalue weighted by molar-refractivity contribution is 5.87. The molecule has 0 atom stereocenters. The zero-order valence-corrected chi connectivity index (χ0v) is 23.6. The van der Waals surface area contributed by atoms with E-state index in [1.165, 1.54) is 12.3 Å². The van der Waals surface area contributed by atoms with Crippen LogP contribution < -0.4 is 9.64 Å². The number of methoxy groups -OCH3 is 1. The number of halogens is 4. The number of morpholine rings is 1. The summed E-state index contributed by atoms with van der Waals surface area (Å²) in [6, 6.07) is 13.0. The Bertz CT molecular complexity index is 1820. The van der Waals surface area contributed by atoms with Gasteiger partial charge in [-0.25, -0.2) is 19.3 Å². The summed E-state index contributed by atoms with van der Waals surface area (Å²) < 4.78 is 65.2. The van der Waals surface area contributed by atoms with Crippen molar-refractivity contribution in [3.8, 4) is 28.3 Å². The fraction of sp³-hybridized carbons (Fsp3) is 0.250. The van der Waals surface area contributed by atoms with Crippen LogP contribution in [0.25, 0.3) is 33.4 Å². The van der Waals surface area contributed by atoms with E-state index in [0.717, 1.165) is 48.7 Å². The Balaban J connectivity index is 1.15. The maximum atomic E-state index is 15.2. The van der Waals surface area contributed by atoms with Gasteiger partial charge < -0.3 is 19.4 Å². The Morgan fingerprint density at radius 2 is 1.70 bits per heavy atom. The average Bonchev–Trinajstić information content (AvgIpc) is 3.45. The molecule has 0 spiro atoms. The number of aromatic nitrogens is 4.